The summed E-state index contributed by atoms with van der Waals surface area (Å²) < 4.78 is 0. The molecular formula is C52H78N18O14S4. The summed E-state index contributed by atoms with van der Waals surface area (Å²) in [5, 5.41) is 44.9. The standard InChI is InChI=1S/C52H78N18O14S4/c1-26(61-51(83)40-6-4-12-70(40)52(84)35(15-29-17-57-25-60-29)65-50(82)39(23-88)69-44(76)31(54)20-85)43(75)68-38(22-87)45(77)58-18-41(73)62-32(5-2-3-11-53)46(78)64-34(14-28-16-56-24-59-28)48(80)63-33(13-27-7-9-30(72)10-8-27)47(79)66-36(19-71)49(81)67-37(21-86)42(55)74/h7-10,16-17,24-26,31-40,71-72,85-88H,2-6,11-15,18-23,53-54H2,1H3,(H2,55,74)(H,56,59)(H,57,60)(H,58,77)(H,61,83)(H,62,73)(H,63,80)(H,64,78)(H,65,82)(H,66,79)(H,67,81)(H,68,75)(H,69,76)/t26-,31-,32-,33-,34-,35-,36-,37-,38-,39-,40-/m0/s1. The molecule has 3 aromatic rings. The molecule has 0 saturated carbocycles. The molecule has 1 saturated heterocycles. The van der Waals surface area contributed by atoms with Crippen LogP contribution in [0.15, 0.2) is 49.3 Å². The SMILES string of the molecule is C[C@H](NC(=O)[C@@H]1CCCN1C(=O)[C@H](Cc1c[nH]cn1)NC(=O)[C@H](CS)NC(=O)[C@@H](N)CS)C(=O)N[C@@H](CS)C(=O)NCC(=O)N[C@@H](CCCCN)C(=O)N[C@@H](Cc1c[nH]cn1)C(=O)N[C@@H](Cc1ccc(O)cc1)C(=O)N[C@@H](CO)C(=O)N[C@@H](CS)C(N)=O. The van der Waals surface area contributed by atoms with E-state index in [1.165, 1.54) is 61.1 Å². The number of phenols is 1. The number of primary amides is 1. The van der Waals surface area contributed by atoms with Crippen LogP contribution in [0.2, 0.25) is 0 Å². The van der Waals surface area contributed by atoms with Crippen molar-refractivity contribution in [2.24, 2.45) is 17.2 Å². The number of benzene rings is 1. The Morgan fingerprint density at radius 3 is 1.66 bits per heavy atom. The number of hydrogen-bond acceptors (Lipinski definition) is 22. The number of likely N-dealkylation sites (tertiary alicyclic amines) is 1. The second kappa shape index (κ2) is 37.3. The molecule has 1 aromatic carbocycles. The summed E-state index contributed by atoms with van der Waals surface area (Å²) in [5.41, 5.74) is 17.9. The summed E-state index contributed by atoms with van der Waals surface area (Å²) in [6.07, 6.45) is 6.29. The minimum atomic E-state index is -1.64. The molecule has 0 aliphatic carbocycles. The number of phenolic OH excluding ortho intramolecular Hbond substituents is 1. The maximum atomic E-state index is 14.3. The highest BCUT2D eigenvalue weighted by Crippen LogP contribution is 2.20. The number of nitrogens with two attached hydrogens (primary N) is 3. The molecule has 20 N–H and O–H groups in total. The third kappa shape index (κ3) is 23.1. The van der Waals surface area contributed by atoms with Gasteiger partial charge in [0.2, 0.25) is 70.9 Å². The number of carbonyl (C=O) groups excluding carboxylic acids is 12. The Morgan fingerprint density at radius 2 is 1.11 bits per heavy atom. The lowest BCUT2D eigenvalue weighted by Gasteiger charge is -2.30. The van der Waals surface area contributed by atoms with Gasteiger partial charge in [0.05, 0.1) is 43.2 Å². The number of carbonyl (C=O) groups is 12. The van der Waals surface area contributed by atoms with Crippen LogP contribution in [0, 0.1) is 0 Å². The largest absolute Gasteiger partial charge is 0.508 e. The second-order valence-electron chi connectivity index (χ2n) is 20.3. The summed E-state index contributed by atoms with van der Waals surface area (Å²) in [4.78, 5) is 177. The van der Waals surface area contributed by atoms with E-state index in [2.05, 4.69) is 124 Å². The van der Waals surface area contributed by atoms with Gasteiger partial charge in [-0.25, -0.2) is 9.97 Å². The lowest BCUT2D eigenvalue weighted by molar-refractivity contribution is -0.142. The molecule has 1 fully saturated rings. The van der Waals surface area contributed by atoms with Crippen LogP contribution in [0.1, 0.15) is 56.0 Å². The van der Waals surface area contributed by atoms with Gasteiger partial charge in [-0.15, -0.1) is 0 Å². The van der Waals surface area contributed by atoms with Gasteiger partial charge in [-0.1, -0.05) is 12.1 Å². The predicted octanol–water partition coefficient (Wildman–Crippen LogP) is -6.99. The number of rotatable bonds is 37. The van der Waals surface area contributed by atoms with E-state index in [0.717, 1.165) is 0 Å². The third-order valence-electron chi connectivity index (χ3n) is 13.6. The number of amides is 12. The molecule has 0 radical (unpaired) electrons. The Bertz CT molecular complexity index is 2840. The fourth-order valence-electron chi connectivity index (χ4n) is 8.69. The Kier molecular flexibility index (Phi) is 30.8. The highest BCUT2D eigenvalue weighted by atomic mass is 32.1. The first-order chi connectivity index (χ1) is 42.0. The number of aliphatic hydroxyl groups is 1. The zero-order valence-corrected chi connectivity index (χ0v) is 51.5. The van der Waals surface area contributed by atoms with Crippen LogP contribution >= 0.6 is 50.5 Å². The fraction of sp³-hybridized carbons (Fsp3) is 0.538. The van der Waals surface area contributed by atoms with Crippen molar-refractivity contribution in [2.75, 3.05) is 49.3 Å². The van der Waals surface area contributed by atoms with Crippen molar-refractivity contribution in [1.82, 2.24) is 78.0 Å². The predicted molar refractivity (Wildman–Crippen MR) is 330 cm³/mol. The fourth-order valence-corrected chi connectivity index (χ4v) is 9.65. The highest BCUT2D eigenvalue weighted by Gasteiger charge is 2.40. The van der Waals surface area contributed by atoms with Crippen molar-refractivity contribution < 1.29 is 67.7 Å². The third-order valence-corrected chi connectivity index (χ3v) is 15.1. The van der Waals surface area contributed by atoms with E-state index < -0.39 is 150 Å². The molecule has 0 bridgehead atoms. The van der Waals surface area contributed by atoms with Crippen LogP contribution in [-0.4, -0.2) is 222 Å². The van der Waals surface area contributed by atoms with Gasteiger partial charge in [0.1, 0.15) is 66.2 Å². The van der Waals surface area contributed by atoms with Crippen LogP contribution in [-0.2, 0) is 76.8 Å². The molecule has 1 aliphatic rings. The number of aromatic hydroxyl groups is 1. The van der Waals surface area contributed by atoms with Crippen molar-refractivity contribution in [1.29, 1.82) is 0 Å². The summed E-state index contributed by atoms with van der Waals surface area (Å²) in [7, 11) is 0. The van der Waals surface area contributed by atoms with Crippen molar-refractivity contribution in [3.8, 4) is 5.75 Å². The van der Waals surface area contributed by atoms with Gasteiger partial charge in [0.25, 0.3) is 0 Å². The first kappa shape index (κ1) is 72.8. The molecule has 12 amide bonds. The van der Waals surface area contributed by atoms with E-state index >= 15 is 0 Å². The first-order valence-corrected chi connectivity index (χ1v) is 30.3. The van der Waals surface area contributed by atoms with Gasteiger partial charge in [0.15, 0.2) is 0 Å². The molecule has 1 aliphatic heterocycles. The Morgan fingerprint density at radius 1 is 0.614 bits per heavy atom. The van der Waals surface area contributed by atoms with Gasteiger partial charge in [-0.3, -0.25) is 57.5 Å². The summed E-state index contributed by atoms with van der Waals surface area (Å²) in [6.45, 7) is -0.0229. The summed E-state index contributed by atoms with van der Waals surface area (Å²) >= 11 is 16.4. The van der Waals surface area contributed by atoms with E-state index in [1.807, 2.05) is 0 Å². The summed E-state index contributed by atoms with van der Waals surface area (Å²) in [6, 6.07) is -8.93. The number of hydrogen-bond donors (Lipinski definition) is 21. The van der Waals surface area contributed by atoms with Crippen molar-refractivity contribution in [3.63, 3.8) is 0 Å². The number of unbranched alkanes of at least 4 members (excludes halogenated alkanes) is 1. The molecule has 484 valence electrons. The second-order valence-corrected chi connectivity index (χ2v) is 21.8. The maximum absolute atomic E-state index is 14.3. The number of imidazole rings is 2. The monoisotopic (exact) mass is 1310 g/mol. The van der Waals surface area contributed by atoms with Gasteiger partial charge < -0.3 is 95.4 Å². The molecular weight excluding hydrogens is 1230 g/mol. The van der Waals surface area contributed by atoms with Crippen LogP contribution < -0.4 is 70.4 Å². The van der Waals surface area contributed by atoms with E-state index in [4.69, 9.17) is 17.2 Å². The first-order valence-electron chi connectivity index (χ1n) is 27.8. The Balaban J connectivity index is 1.42. The molecule has 4 rings (SSSR count). The number of H-pyrrole nitrogens is 2. The molecule has 32 nitrogen and oxygen atoms in total. The zero-order valence-electron chi connectivity index (χ0n) is 47.9. The van der Waals surface area contributed by atoms with Gasteiger partial charge >= 0.3 is 0 Å². The lowest BCUT2D eigenvalue weighted by atomic mass is 10.0. The number of nitrogens with one attached hydrogen (secondary N) is 12. The maximum Gasteiger partial charge on any atom is 0.246 e. The average Bonchev–Trinajstić information content (AvgIpc) is 4.27. The Hall–Kier alpha value is -7.64. The van der Waals surface area contributed by atoms with Crippen LogP contribution in [0.25, 0.3) is 0 Å². The van der Waals surface area contributed by atoms with Crippen molar-refractivity contribution in [3.05, 3.63) is 66.3 Å². The number of aliphatic hydroxyl groups excluding tert-OH is 1. The highest BCUT2D eigenvalue weighted by molar-refractivity contribution is 7.80. The number of thiol groups is 4. The van der Waals surface area contributed by atoms with E-state index in [1.54, 1.807) is 0 Å². The zero-order chi connectivity index (χ0) is 65.0. The molecule has 88 heavy (non-hydrogen) atoms. The smallest absolute Gasteiger partial charge is 0.246 e. The van der Waals surface area contributed by atoms with E-state index in [-0.39, 0.29) is 79.6 Å². The molecule has 11 atom stereocenters. The van der Waals surface area contributed by atoms with E-state index in [9.17, 15) is 67.7 Å². The molecule has 3 heterocycles. The topological polar surface area (TPSA) is 504 Å². The van der Waals surface area contributed by atoms with Gasteiger partial charge in [-0.05, 0) is 63.3 Å². The summed E-state index contributed by atoms with van der Waals surface area (Å²) in [5.74, 6) is -10.9. The Labute approximate surface area is 527 Å². The van der Waals surface area contributed by atoms with Gasteiger partial charge in [-0.2, -0.15) is 50.5 Å². The van der Waals surface area contributed by atoms with Crippen molar-refractivity contribution in [2.45, 2.75) is 125 Å². The van der Waals surface area contributed by atoms with Crippen LogP contribution in [0.4, 0.5) is 0 Å². The quantitative estimate of drug-likeness (QED) is 0.0188. The molecule has 0 spiro atoms. The van der Waals surface area contributed by atoms with Crippen LogP contribution in [0.3, 0.4) is 0 Å². The number of aromatic nitrogens is 4. The normalized spacial score (nSPS) is 16.2. The molecule has 0 unspecified atom stereocenters. The van der Waals surface area contributed by atoms with Crippen LogP contribution in [0.5, 0.6) is 5.75 Å². The van der Waals surface area contributed by atoms with Crippen molar-refractivity contribution >= 4 is 121 Å². The molecule has 2 aromatic heterocycles. The average molecular weight is 1310 g/mol. The van der Waals surface area contributed by atoms with E-state index in [0.29, 0.717) is 30.5 Å². The van der Waals surface area contributed by atoms with Gasteiger partial charge in [0, 0.05) is 61.2 Å². The minimum absolute atomic E-state index is 0.00286. The molecule has 36 heteroatoms. The number of aromatic amines is 2. The number of nitrogens with zero attached hydrogens (tertiary/aromatic N) is 3. The minimum Gasteiger partial charge on any atom is -0.508 e. The lowest BCUT2D eigenvalue weighted by Crippen LogP contribution is -2.60.